The molecule has 0 unspecified atom stereocenters. The third kappa shape index (κ3) is 2.87. The number of alkyl halides is 1. The summed E-state index contributed by atoms with van der Waals surface area (Å²) in [6.07, 6.45) is 0.425. The lowest BCUT2D eigenvalue weighted by Gasteiger charge is -2.41. The van der Waals surface area contributed by atoms with Crippen LogP contribution in [0.25, 0.3) is 0 Å². The van der Waals surface area contributed by atoms with Crippen molar-refractivity contribution in [3.05, 3.63) is 33.8 Å². The number of fused-ring (bicyclic) bond motifs is 2. The fourth-order valence-corrected chi connectivity index (χ4v) is 4.53. The smallest absolute Gasteiger partial charge is 0.254 e. The predicted octanol–water partition coefficient (Wildman–Crippen LogP) is 1.91. The highest BCUT2D eigenvalue weighted by molar-refractivity contribution is 9.10. The van der Waals surface area contributed by atoms with Crippen LogP contribution in [-0.2, 0) is 10.2 Å². The number of carbonyl (C=O) groups excluding carboxylic acids is 2. The van der Waals surface area contributed by atoms with Gasteiger partial charge in [0.1, 0.15) is 6.17 Å². The van der Waals surface area contributed by atoms with E-state index in [-0.39, 0.29) is 30.9 Å². The van der Waals surface area contributed by atoms with Gasteiger partial charge in [0, 0.05) is 28.0 Å². The topological polar surface area (TPSA) is 69.6 Å². The van der Waals surface area contributed by atoms with E-state index in [1.54, 1.807) is 19.1 Å². The molecule has 2 atom stereocenters. The largest absolute Gasteiger partial charge is 0.390 e. The Morgan fingerprint density at radius 3 is 2.72 bits per heavy atom. The molecule has 0 radical (unpaired) electrons. The molecule has 0 bridgehead atoms. The summed E-state index contributed by atoms with van der Waals surface area (Å²) in [5.41, 5.74) is -0.168. The van der Waals surface area contributed by atoms with Crippen molar-refractivity contribution in [2.24, 2.45) is 0 Å². The summed E-state index contributed by atoms with van der Waals surface area (Å²) in [7, 11) is 0. The molecule has 1 aromatic carbocycles. The highest BCUT2D eigenvalue weighted by atomic mass is 79.9. The standard InChI is InChI=1S/C18H20BrFN2O3/c1-17(25)5-11(6-17)21-15(23)8-22-9-18(7-14(18)20)13-4-10(19)2-3-12(13)16(22)24/h2-4,11,14,25H,5-9H2,1H3,(H,21,23)/t11?,14-,17?,18+/m1/s1. The molecule has 0 aromatic heterocycles. The highest BCUT2D eigenvalue weighted by Gasteiger charge is 2.61. The van der Waals surface area contributed by atoms with Gasteiger partial charge in [0.15, 0.2) is 0 Å². The summed E-state index contributed by atoms with van der Waals surface area (Å²) in [6.45, 7) is 1.88. The second-order valence-electron chi connectivity index (χ2n) is 7.85. The van der Waals surface area contributed by atoms with Gasteiger partial charge in [0.25, 0.3) is 5.91 Å². The molecule has 1 spiro atoms. The zero-order valence-corrected chi connectivity index (χ0v) is 15.5. The number of rotatable bonds is 3. The fraction of sp³-hybridized carbons (Fsp3) is 0.556. The lowest BCUT2D eigenvalue weighted by molar-refractivity contribution is -0.125. The number of amides is 2. The van der Waals surface area contributed by atoms with Crippen molar-refractivity contribution in [3.63, 3.8) is 0 Å². The van der Waals surface area contributed by atoms with E-state index in [2.05, 4.69) is 21.2 Å². The number of benzene rings is 1. The quantitative estimate of drug-likeness (QED) is 0.799. The van der Waals surface area contributed by atoms with E-state index in [0.717, 1.165) is 10.0 Å². The molecule has 2 amide bonds. The van der Waals surface area contributed by atoms with Crippen LogP contribution in [0.1, 0.15) is 42.1 Å². The van der Waals surface area contributed by atoms with Gasteiger partial charge in [-0.05, 0) is 49.9 Å². The summed E-state index contributed by atoms with van der Waals surface area (Å²) in [6, 6.07) is 5.22. The first kappa shape index (κ1) is 17.0. The number of aliphatic hydroxyl groups is 1. The molecule has 2 saturated carbocycles. The molecule has 5 nitrogen and oxygen atoms in total. The van der Waals surface area contributed by atoms with Crippen LogP contribution in [0.4, 0.5) is 4.39 Å². The lowest BCUT2D eigenvalue weighted by atomic mass is 9.77. The molecule has 1 heterocycles. The average molecular weight is 411 g/mol. The molecule has 2 N–H and O–H groups in total. The Balaban J connectivity index is 1.49. The maximum atomic E-state index is 14.2. The Labute approximate surface area is 153 Å². The normalized spacial score (nSPS) is 36.0. The monoisotopic (exact) mass is 410 g/mol. The second kappa shape index (κ2) is 5.51. The summed E-state index contributed by atoms with van der Waals surface area (Å²) in [4.78, 5) is 26.4. The summed E-state index contributed by atoms with van der Waals surface area (Å²) in [5.74, 6) is -0.497. The number of hydrogen-bond acceptors (Lipinski definition) is 3. The summed E-state index contributed by atoms with van der Waals surface area (Å²) in [5, 5.41) is 12.6. The van der Waals surface area contributed by atoms with Gasteiger partial charge in [-0.15, -0.1) is 0 Å². The van der Waals surface area contributed by atoms with Gasteiger partial charge in [0.05, 0.1) is 12.1 Å². The van der Waals surface area contributed by atoms with Crippen molar-refractivity contribution in [3.8, 4) is 0 Å². The van der Waals surface area contributed by atoms with E-state index >= 15 is 0 Å². The molecule has 4 rings (SSSR count). The maximum Gasteiger partial charge on any atom is 0.254 e. The van der Waals surface area contributed by atoms with E-state index in [1.807, 2.05) is 6.07 Å². The van der Waals surface area contributed by atoms with Crippen LogP contribution in [0, 0.1) is 0 Å². The van der Waals surface area contributed by atoms with E-state index in [9.17, 15) is 19.1 Å². The van der Waals surface area contributed by atoms with E-state index in [1.165, 1.54) is 4.90 Å². The van der Waals surface area contributed by atoms with Gasteiger partial charge >= 0.3 is 0 Å². The zero-order valence-electron chi connectivity index (χ0n) is 13.9. The first-order chi connectivity index (χ1) is 11.7. The predicted molar refractivity (Wildman–Crippen MR) is 93.0 cm³/mol. The molecule has 0 saturated heterocycles. The minimum atomic E-state index is -0.985. The minimum absolute atomic E-state index is 0.0607. The first-order valence-corrected chi connectivity index (χ1v) is 9.25. The van der Waals surface area contributed by atoms with Crippen LogP contribution in [0.15, 0.2) is 22.7 Å². The highest BCUT2D eigenvalue weighted by Crippen LogP contribution is 2.54. The van der Waals surface area contributed by atoms with Crippen LogP contribution in [0.5, 0.6) is 0 Å². The molecular weight excluding hydrogens is 391 g/mol. The van der Waals surface area contributed by atoms with Gasteiger partial charge in [0.2, 0.25) is 5.91 Å². The Hall–Kier alpha value is -1.47. The number of halogens is 2. The fourth-order valence-electron chi connectivity index (χ4n) is 4.16. The van der Waals surface area contributed by atoms with Crippen molar-refractivity contribution in [1.82, 2.24) is 10.2 Å². The van der Waals surface area contributed by atoms with Crippen molar-refractivity contribution in [2.45, 2.75) is 49.4 Å². The average Bonchev–Trinajstić information content (AvgIpc) is 3.13. The van der Waals surface area contributed by atoms with Crippen LogP contribution in [0.2, 0.25) is 0 Å². The first-order valence-electron chi connectivity index (χ1n) is 8.45. The zero-order chi connectivity index (χ0) is 18.0. The Bertz CT molecular complexity index is 761. The number of nitrogens with zero attached hydrogens (tertiary/aromatic N) is 1. The molecule has 7 heteroatoms. The lowest BCUT2D eigenvalue weighted by Crippen LogP contribution is -2.56. The van der Waals surface area contributed by atoms with E-state index in [0.29, 0.717) is 24.8 Å². The molecule has 1 aliphatic heterocycles. The van der Waals surface area contributed by atoms with E-state index in [4.69, 9.17) is 0 Å². The van der Waals surface area contributed by atoms with Gasteiger partial charge in [-0.3, -0.25) is 9.59 Å². The van der Waals surface area contributed by atoms with Crippen LogP contribution < -0.4 is 5.32 Å². The molecule has 2 aliphatic carbocycles. The van der Waals surface area contributed by atoms with Crippen molar-refractivity contribution in [2.75, 3.05) is 13.1 Å². The number of carbonyl (C=O) groups is 2. The maximum absolute atomic E-state index is 14.2. The number of hydrogen-bond donors (Lipinski definition) is 2. The Morgan fingerprint density at radius 1 is 1.44 bits per heavy atom. The number of nitrogens with one attached hydrogen (secondary N) is 1. The SMILES string of the molecule is CC1(O)CC(NC(=O)CN2C[C@@]3(C[C@H]3F)c3cc(Br)ccc3C2=O)C1. The molecule has 3 aliphatic rings. The molecular formula is C18H20BrFN2O3. The van der Waals surface area contributed by atoms with Crippen molar-refractivity contribution in [1.29, 1.82) is 0 Å². The molecule has 1 aromatic rings. The molecule has 25 heavy (non-hydrogen) atoms. The van der Waals surface area contributed by atoms with Gasteiger partial charge in [-0.2, -0.15) is 0 Å². The summed E-state index contributed by atoms with van der Waals surface area (Å²) < 4.78 is 15.0. The third-order valence-electron chi connectivity index (χ3n) is 5.56. The van der Waals surface area contributed by atoms with Crippen molar-refractivity contribution < 1.29 is 19.1 Å². The van der Waals surface area contributed by atoms with Gasteiger partial charge in [-0.25, -0.2) is 4.39 Å². The van der Waals surface area contributed by atoms with Crippen LogP contribution in [-0.4, -0.2) is 52.7 Å². The van der Waals surface area contributed by atoms with Crippen LogP contribution >= 0.6 is 15.9 Å². The van der Waals surface area contributed by atoms with Crippen LogP contribution in [0.3, 0.4) is 0 Å². The Morgan fingerprint density at radius 2 is 2.12 bits per heavy atom. The summed E-state index contributed by atoms with van der Waals surface area (Å²) >= 11 is 3.38. The van der Waals surface area contributed by atoms with Gasteiger partial charge < -0.3 is 15.3 Å². The third-order valence-corrected chi connectivity index (χ3v) is 6.06. The minimum Gasteiger partial charge on any atom is -0.390 e. The molecule has 2 fully saturated rings. The molecule has 134 valence electrons. The van der Waals surface area contributed by atoms with Crippen molar-refractivity contribution >= 4 is 27.7 Å². The Kier molecular flexibility index (Phi) is 3.74. The van der Waals surface area contributed by atoms with E-state index < -0.39 is 17.2 Å². The second-order valence-corrected chi connectivity index (χ2v) is 8.76. The van der Waals surface area contributed by atoms with Gasteiger partial charge in [-0.1, -0.05) is 15.9 Å².